The number of benzene rings is 2. The highest BCUT2D eigenvalue weighted by Crippen LogP contribution is 2.36. The zero-order valence-electron chi connectivity index (χ0n) is 21.1. The van der Waals surface area contributed by atoms with Gasteiger partial charge < -0.3 is 15.4 Å². The molecule has 2 saturated heterocycles. The zero-order chi connectivity index (χ0) is 26.6. The molecule has 3 atom stereocenters. The average molecular weight is 589 g/mol. The number of likely N-dealkylation sites (tertiary alicyclic amines) is 1. The molecule has 1 unspecified atom stereocenters. The summed E-state index contributed by atoms with van der Waals surface area (Å²) in [5.41, 5.74) is 2.30. The number of aromatic nitrogens is 2. The van der Waals surface area contributed by atoms with E-state index in [1.54, 1.807) is 17.9 Å². The number of amides is 2. The Hall–Kier alpha value is -2.86. The van der Waals surface area contributed by atoms with E-state index in [9.17, 15) is 13.6 Å². The summed E-state index contributed by atoms with van der Waals surface area (Å²) in [6.07, 6.45) is 2.02. The number of methoxy groups -OCH3 is 1. The fraction of sp³-hybridized carbons (Fsp3) is 0.407. The molecule has 5 rings (SSSR count). The maximum atomic E-state index is 14.1. The molecule has 2 aliphatic rings. The Morgan fingerprint density at radius 1 is 1.18 bits per heavy atom. The Morgan fingerprint density at radius 2 is 2.00 bits per heavy atom. The molecule has 3 N–H and O–H groups in total. The molecule has 0 aliphatic carbocycles. The monoisotopic (exact) mass is 588 g/mol. The van der Waals surface area contributed by atoms with E-state index in [1.165, 1.54) is 6.07 Å². The molecule has 2 fully saturated rings. The lowest BCUT2D eigenvalue weighted by Gasteiger charge is -2.21. The molecule has 0 bridgehead atoms. The van der Waals surface area contributed by atoms with E-state index in [2.05, 4.69) is 36.8 Å². The minimum atomic E-state index is -0.898. The Bertz CT molecular complexity index is 1270. The summed E-state index contributed by atoms with van der Waals surface area (Å²) in [4.78, 5) is 15.5. The SMILES string of the molecule is COCCN1C[C@@H](NC(=O)Nc2c(Br)c(C3CCCN3)nn2-c2ccccc2)[C@H](c2ccc(F)c(F)c2)C1. The summed E-state index contributed by atoms with van der Waals surface area (Å²) in [7, 11) is 1.63. The van der Waals surface area contributed by atoms with Crippen molar-refractivity contribution in [3.63, 3.8) is 0 Å². The standard InChI is InChI=1S/C27H31BrF2N6O2/c1-38-13-12-35-15-19(17-9-10-20(29)21(30)14-17)23(16-35)32-27(37)33-26-24(28)25(22-8-5-11-31-22)34-36(26)18-6-3-2-4-7-18/h2-4,6-7,9-10,14,19,22-23,31H,5,8,11-13,15-16H2,1H3,(H2,32,33,37)/t19-,22?,23+/m0/s1. The van der Waals surface area contributed by atoms with E-state index < -0.39 is 17.7 Å². The summed E-state index contributed by atoms with van der Waals surface area (Å²) in [5.74, 6) is -1.48. The molecule has 2 aliphatic heterocycles. The second kappa shape index (κ2) is 11.9. The van der Waals surface area contributed by atoms with Crippen molar-refractivity contribution in [3.8, 4) is 5.69 Å². The van der Waals surface area contributed by atoms with E-state index >= 15 is 0 Å². The average Bonchev–Trinajstić information content (AvgIpc) is 3.65. The lowest BCUT2D eigenvalue weighted by Crippen LogP contribution is -2.42. The summed E-state index contributed by atoms with van der Waals surface area (Å²) < 4.78 is 35.3. The van der Waals surface area contributed by atoms with Gasteiger partial charge in [0.05, 0.1) is 34.5 Å². The summed E-state index contributed by atoms with van der Waals surface area (Å²) in [6.45, 7) is 3.26. The summed E-state index contributed by atoms with van der Waals surface area (Å²) in [5, 5.41) is 14.4. The molecular formula is C27H31BrF2N6O2. The van der Waals surface area contributed by atoms with Gasteiger partial charge in [-0.3, -0.25) is 10.2 Å². The van der Waals surface area contributed by atoms with Crippen LogP contribution in [0.1, 0.15) is 36.1 Å². The van der Waals surface area contributed by atoms with Crippen LogP contribution in [-0.2, 0) is 4.74 Å². The number of para-hydroxylation sites is 1. The number of halogens is 3. The van der Waals surface area contributed by atoms with Gasteiger partial charge in [-0.1, -0.05) is 24.3 Å². The highest BCUT2D eigenvalue weighted by molar-refractivity contribution is 9.10. The predicted molar refractivity (Wildman–Crippen MR) is 145 cm³/mol. The van der Waals surface area contributed by atoms with Crippen molar-refractivity contribution >= 4 is 27.8 Å². The predicted octanol–water partition coefficient (Wildman–Crippen LogP) is 4.57. The van der Waals surface area contributed by atoms with Crippen molar-refractivity contribution < 1.29 is 18.3 Å². The fourth-order valence-electron chi connectivity index (χ4n) is 5.25. The van der Waals surface area contributed by atoms with Crippen molar-refractivity contribution in [1.82, 2.24) is 25.3 Å². The molecule has 3 heterocycles. The Morgan fingerprint density at radius 3 is 2.71 bits per heavy atom. The molecule has 2 aromatic carbocycles. The molecule has 2 amide bonds. The molecule has 1 aromatic heterocycles. The van der Waals surface area contributed by atoms with Gasteiger partial charge >= 0.3 is 6.03 Å². The zero-order valence-corrected chi connectivity index (χ0v) is 22.7. The van der Waals surface area contributed by atoms with Crippen LogP contribution in [0.4, 0.5) is 19.4 Å². The minimum absolute atomic E-state index is 0.0971. The van der Waals surface area contributed by atoms with Crippen molar-refractivity contribution in [1.29, 1.82) is 0 Å². The molecule has 38 heavy (non-hydrogen) atoms. The third-order valence-corrected chi connectivity index (χ3v) is 7.95. The van der Waals surface area contributed by atoms with Crippen LogP contribution in [0.3, 0.4) is 0 Å². The molecular weight excluding hydrogens is 558 g/mol. The lowest BCUT2D eigenvalue weighted by atomic mass is 9.94. The smallest absolute Gasteiger partial charge is 0.320 e. The van der Waals surface area contributed by atoms with Gasteiger partial charge in [-0.25, -0.2) is 18.3 Å². The first-order chi connectivity index (χ1) is 18.4. The van der Waals surface area contributed by atoms with Crippen LogP contribution in [0.2, 0.25) is 0 Å². The Balaban J connectivity index is 1.39. The molecule has 0 radical (unpaired) electrons. The summed E-state index contributed by atoms with van der Waals surface area (Å²) >= 11 is 3.69. The molecule has 11 heteroatoms. The second-order valence-electron chi connectivity index (χ2n) is 9.68. The van der Waals surface area contributed by atoms with Crippen LogP contribution < -0.4 is 16.0 Å². The normalized spacial score (nSPS) is 21.6. The maximum Gasteiger partial charge on any atom is 0.320 e. The molecule has 202 valence electrons. The van der Waals surface area contributed by atoms with Crippen LogP contribution in [0.5, 0.6) is 0 Å². The van der Waals surface area contributed by atoms with Gasteiger partial charge in [-0.2, -0.15) is 5.10 Å². The molecule has 0 spiro atoms. The van der Waals surface area contributed by atoms with Gasteiger partial charge in [0.25, 0.3) is 0 Å². The number of carbonyl (C=O) groups is 1. The van der Waals surface area contributed by atoms with E-state index in [0.717, 1.165) is 41.3 Å². The van der Waals surface area contributed by atoms with E-state index in [-0.39, 0.29) is 18.0 Å². The number of anilines is 1. The third-order valence-electron chi connectivity index (χ3n) is 7.17. The van der Waals surface area contributed by atoms with Gasteiger partial charge in [0.2, 0.25) is 0 Å². The van der Waals surface area contributed by atoms with Crippen LogP contribution in [-0.4, -0.2) is 66.6 Å². The van der Waals surface area contributed by atoms with E-state index in [1.807, 2.05) is 30.3 Å². The first kappa shape index (κ1) is 26.7. The van der Waals surface area contributed by atoms with Gasteiger partial charge in [-0.05, 0) is 65.1 Å². The lowest BCUT2D eigenvalue weighted by molar-refractivity contribution is 0.159. The number of hydrogen-bond acceptors (Lipinski definition) is 5. The van der Waals surface area contributed by atoms with Gasteiger partial charge in [0, 0.05) is 32.7 Å². The van der Waals surface area contributed by atoms with Crippen molar-refractivity contribution in [2.24, 2.45) is 0 Å². The quantitative estimate of drug-likeness (QED) is 0.359. The largest absolute Gasteiger partial charge is 0.383 e. The molecule has 0 saturated carbocycles. The maximum absolute atomic E-state index is 14.1. The van der Waals surface area contributed by atoms with Gasteiger partial charge in [0.1, 0.15) is 0 Å². The number of rotatable bonds is 8. The highest BCUT2D eigenvalue weighted by atomic mass is 79.9. The van der Waals surface area contributed by atoms with Gasteiger partial charge in [0.15, 0.2) is 17.5 Å². The fourth-order valence-corrected chi connectivity index (χ4v) is 5.87. The highest BCUT2D eigenvalue weighted by Gasteiger charge is 2.36. The van der Waals surface area contributed by atoms with Gasteiger partial charge in [-0.15, -0.1) is 0 Å². The Kier molecular flexibility index (Phi) is 8.37. The van der Waals surface area contributed by atoms with Crippen LogP contribution in [0.15, 0.2) is 53.0 Å². The molecule has 8 nitrogen and oxygen atoms in total. The number of urea groups is 1. The number of hydrogen-bond donors (Lipinski definition) is 3. The number of ether oxygens (including phenoxy) is 1. The van der Waals surface area contributed by atoms with Crippen molar-refractivity contribution in [3.05, 3.63) is 75.9 Å². The first-order valence-corrected chi connectivity index (χ1v) is 13.5. The third kappa shape index (κ3) is 5.75. The molecule has 3 aromatic rings. The van der Waals surface area contributed by atoms with Crippen molar-refractivity contribution in [2.45, 2.75) is 30.8 Å². The van der Waals surface area contributed by atoms with Crippen LogP contribution >= 0.6 is 15.9 Å². The number of nitrogens with zero attached hydrogens (tertiary/aromatic N) is 3. The Labute approximate surface area is 228 Å². The first-order valence-electron chi connectivity index (χ1n) is 12.8. The van der Waals surface area contributed by atoms with E-state index in [4.69, 9.17) is 9.84 Å². The van der Waals surface area contributed by atoms with Crippen molar-refractivity contribution in [2.75, 3.05) is 45.2 Å². The van der Waals surface area contributed by atoms with Crippen LogP contribution in [0.25, 0.3) is 5.69 Å². The number of carbonyl (C=O) groups excluding carboxylic acids is 1. The number of nitrogens with one attached hydrogen (secondary N) is 3. The summed E-state index contributed by atoms with van der Waals surface area (Å²) in [6, 6.07) is 12.9. The van der Waals surface area contributed by atoms with Crippen LogP contribution in [0, 0.1) is 11.6 Å². The topological polar surface area (TPSA) is 83.4 Å². The second-order valence-corrected chi connectivity index (χ2v) is 10.5. The minimum Gasteiger partial charge on any atom is -0.383 e. The van der Waals surface area contributed by atoms with E-state index in [0.29, 0.717) is 37.6 Å².